The van der Waals surface area contributed by atoms with Gasteiger partial charge in [-0.25, -0.2) is 15.0 Å². The van der Waals surface area contributed by atoms with E-state index >= 15 is 0 Å². The van der Waals surface area contributed by atoms with Gasteiger partial charge in [-0.15, -0.1) is 0 Å². The summed E-state index contributed by atoms with van der Waals surface area (Å²) in [5.41, 5.74) is 11.6. The Kier molecular flexibility index (Phi) is 4.09. The molecule has 0 unspecified atom stereocenters. The molecule has 23 heavy (non-hydrogen) atoms. The van der Waals surface area contributed by atoms with E-state index in [2.05, 4.69) is 15.0 Å². The maximum Gasteiger partial charge on any atom is 0.319 e. The third-order valence-corrected chi connectivity index (χ3v) is 3.57. The van der Waals surface area contributed by atoms with Gasteiger partial charge in [-0.05, 0) is 0 Å². The molecule has 6 N–H and O–H groups in total. The van der Waals surface area contributed by atoms with Gasteiger partial charge in [-0.2, -0.15) is 0 Å². The molecule has 0 radical (unpaired) electrons. The van der Waals surface area contributed by atoms with Crippen molar-refractivity contribution in [3.63, 3.8) is 0 Å². The second-order valence-corrected chi connectivity index (χ2v) is 5.02. The zero-order valence-corrected chi connectivity index (χ0v) is 11.9. The number of aliphatic hydroxyl groups excluding tert-OH is 2. The van der Waals surface area contributed by atoms with Crippen LogP contribution in [0.3, 0.4) is 0 Å². The molecule has 1 aliphatic heterocycles. The first-order chi connectivity index (χ1) is 11.0. The minimum Gasteiger partial charge on any atom is -0.462 e. The average Bonchev–Trinajstić information content (AvgIpc) is 3.09. The molecule has 0 spiro atoms. The van der Waals surface area contributed by atoms with E-state index in [0.29, 0.717) is 11.2 Å². The Morgan fingerprint density at radius 3 is 2.87 bits per heavy atom. The number of hydrogen-bond acceptors (Lipinski definition) is 10. The van der Waals surface area contributed by atoms with E-state index in [-0.39, 0.29) is 19.0 Å². The fraction of sp³-hybridized carbons (Fsp3) is 0.500. The maximum absolute atomic E-state index is 11.1. The summed E-state index contributed by atoms with van der Waals surface area (Å²) in [6.07, 6.45) is -1.72. The highest BCUT2D eigenvalue weighted by molar-refractivity contribution is 5.81. The van der Waals surface area contributed by atoms with Crippen LogP contribution in [-0.4, -0.2) is 67.2 Å². The van der Waals surface area contributed by atoms with Crippen LogP contribution in [0.4, 0.5) is 5.82 Å². The van der Waals surface area contributed by atoms with Gasteiger partial charge in [0.05, 0.1) is 12.9 Å². The van der Waals surface area contributed by atoms with Crippen molar-refractivity contribution in [3.8, 4) is 0 Å². The largest absolute Gasteiger partial charge is 0.462 e. The molecule has 0 bridgehead atoms. The minimum atomic E-state index is -1.26. The minimum absolute atomic E-state index is 0.190. The summed E-state index contributed by atoms with van der Waals surface area (Å²) < 4.78 is 11.8. The van der Waals surface area contributed by atoms with Crippen LogP contribution in [0.25, 0.3) is 11.2 Å². The first-order valence-electron chi connectivity index (χ1n) is 6.83. The van der Waals surface area contributed by atoms with Gasteiger partial charge in [0.25, 0.3) is 0 Å². The highest BCUT2D eigenvalue weighted by Crippen LogP contribution is 2.32. The second-order valence-electron chi connectivity index (χ2n) is 5.02. The van der Waals surface area contributed by atoms with Gasteiger partial charge in [-0.1, -0.05) is 0 Å². The van der Waals surface area contributed by atoms with Crippen LogP contribution in [0.15, 0.2) is 12.7 Å². The molecule has 2 aromatic rings. The van der Waals surface area contributed by atoms with Crippen molar-refractivity contribution in [2.45, 2.75) is 24.5 Å². The lowest BCUT2D eigenvalue weighted by Gasteiger charge is -2.16. The quantitative estimate of drug-likeness (QED) is 0.441. The number of aromatic nitrogens is 4. The SMILES string of the molecule is NCC(=O)OC[C@H]1O[C@@H](n2cnc3c(N)ncnc32)[C@H](O)[C@@H]1O. The third kappa shape index (κ3) is 2.70. The van der Waals surface area contributed by atoms with E-state index < -0.39 is 30.5 Å². The number of carbonyl (C=O) groups excluding carboxylic acids is 1. The van der Waals surface area contributed by atoms with E-state index in [9.17, 15) is 15.0 Å². The van der Waals surface area contributed by atoms with Gasteiger partial charge >= 0.3 is 5.97 Å². The van der Waals surface area contributed by atoms with Gasteiger partial charge in [0.2, 0.25) is 0 Å². The molecule has 3 heterocycles. The van der Waals surface area contributed by atoms with Crippen LogP contribution in [-0.2, 0) is 14.3 Å². The maximum atomic E-state index is 11.1. The smallest absolute Gasteiger partial charge is 0.319 e. The summed E-state index contributed by atoms with van der Waals surface area (Å²) in [6.45, 7) is -0.508. The second kappa shape index (κ2) is 6.04. The van der Waals surface area contributed by atoms with Gasteiger partial charge in [0.1, 0.15) is 36.8 Å². The van der Waals surface area contributed by atoms with E-state index in [0.717, 1.165) is 0 Å². The van der Waals surface area contributed by atoms with Crippen LogP contribution >= 0.6 is 0 Å². The molecule has 2 aromatic heterocycles. The van der Waals surface area contributed by atoms with Crippen LogP contribution < -0.4 is 11.5 Å². The van der Waals surface area contributed by atoms with Crippen molar-refractivity contribution in [2.24, 2.45) is 5.73 Å². The molecule has 4 atom stereocenters. The number of nitrogens with two attached hydrogens (primary N) is 2. The number of aliphatic hydroxyl groups is 2. The number of nitrogens with zero attached hydrogens (tertiary/aromatic N) is 4. The third-order valence-electron chi connectivity index (χ3n) is 3.57. The monoisotopic (exact) mass is 324 g/mol. The molecule has 124 valence electrons. The number of rotatable bonds is 4. The molecule has 0 aliphatic carbocycles. The van der Waals surface area contributed by atoms with Crippen molar-refractivity contribution >= 4 is 23.0 Å². The first kappa shape index (κ1) is 15.6. The van der Waals surface area contributed by atoms with Gasteiger partial charge < -0.3 is 31.2 Å². The Morgan fingerprint density at radius 2 is 2.13 bits per heavy atom. The van der Waals surface area contributed by atoms with Crippen LogP contribution in [0.5, 0.6) is 0 Å². The highest BCUT2D eigenvalue weighted by atomic mass is 16.6. The predicted octanol–water partition coefficient (Wildman–Crippen LogP) is -2.47. The topological polar surface area (TPSA) is 172 Å². The standard InChI is InChI=1S/C12H16N6O5/c13-1-6(19)22-2-5-8(20)9(21)12(23-5)18-4-17-7-10(14)15-3-16-11(7)18/h3-5,8-9,12,20-21H,1-2,13H2,(H2,14,15,16)/t5-,8-,9-,12-/m1/s1. The Bertz CT molecular complexity index is 721. The summed E-state index contributed by atoms with van der Waals surface area (Å²) in [5.74, 6) is -0.442. The van der Waals surface area contributed by atoms with Gasteiger partial charge in [0.15, 0.2) is 17.7 Å². The van der Waals surface area contributed by atoms with Crippen LogP contribution in [0.1, 0.15) is 6.23 Å². The number of nitrogen functional groups attached to an aromatic ring is 1. The van der Waals surface area contributed by atoms with Gasteiger partial charge in [0, 0.05) is 0 Å². The fourth-order valence-corrected chi connectivity index (χ4v) is 2.39. The zero-order chi connectivity index (χ0) is 16.6. The summed E-state index contributed by atoms with van der Waals surface area (Å²) in [7, 11) is 0. The number of esters is 1. The molecule has 0 aromatic carbocycles. The summed E-state index contributed by atoms with van der Waals surface area (Å²) in [6, 6.07) is 0. The number of carbonyl (C=O) groups is 1. The van der Waals surface area contributed by atoms with Crippen LogP contribution in [0, 0.1) is 0 Å². The number of imidazole rings is 1. The lowest BCUT2D eigenvalue weighted by atomic mass is 10.1. The molecule has 11 heteroatoms. The fourth-order valence-electron chi connectivity index (χ4n) is 2.39. The lowest BCUT2D eigenvalue weighted by molar-refractivity contribution is -0.148. The Labute approximate surface area is 129 Å². The Balaban J connectivity index is 1.82. The van der Waals surface area contributed by atoms with Crippen molar-refractivity contribution in [3.05, 3.63) is 12.7 Å². The number of anilines is 1. The first-order valence-corrected chi connectivity index (χ1v) is 6.83. The highest BCUT2D eigenvalue weighted by Gasteiger charge is 2.44. The van der Waals surface area contributed by atoms with Crippen molar-refractivity contribution in [2.75, 3.05) is 18.9 Å². The van der Waals surface area contributed by atoms with Gasteiger partial charge in [-0.3, -0.25) is 9.36 Å². The Morgan fingerprint density at radius 1 is 1.35 bits per heavy atom. The number of ether oxygens (including phenoxy) is 2. The normalized spacial score (nSPS) is 27.4. The molecule has 0 amide bonds. The molecule has 0 saturated carbocycles. The predicted molar refractivity (Wildman–Crippen MR) is 75.7 cm³/mol. The van der Waals surface area contributed by atoms with Crippen molar-refractivity contribution < 1.29 is 24.5 Å². The molecule has 11 nitrogen and oxygen atoms in total. The van der Waals surface area contributed by atoms with E-state index in [1.54, 1.807) is 0 Å². The number of fused-ring (bicyclic) bond motifs is 1. The molecule has 1 aliphatic rings. The summed E-state index contributed by atoms with van der Waals surface area (Å²) in [5, 5.41) is 20.2. The molecule has 3 rings (SSSR count). The average molecular weight is 324 g/mol. The number of hydrogen-bond donors (Lipinski definition) is 4. The van der Waals surface area contributed by atoms with E-state index in [1.807, 2.05) is 0 Å². The van der Waals surface area contributed by atoms with E-state index in [1.165, 1.54) is 17.2 Å². The van der Waals surface area contributed by atoms with Crippen molar-refractivity contribution in [1.82, 2.24) is 19.5 Å². The molecule has 1 saturated heterocycles. The van der Waals surface area contributed by atoms with Crippen molar-refractivity contribution in [1.29, 1.82) is 0 Å². The zero-order valence-electron chi connectivity index (χ0n) is 11.9. The summed E-state index contributed by atoms with van der Waals surface area (Å²) in [4.78, 5) is 23.0. The van der Waals surface area contributed by atoms with Crippen LogP contribution in [0.2, 0.25) is 0 Å². The molecular weight excluding hydrogens is 308 g/mol. The lowest BCUT2D eigenvalue weighted by Crippen LogP contribution is -2.35. The molecule has 1 fully saturated rings. The Hall–Kier alpha value is -2.34. The summed E-state index contributed by atoms with van der Waals surface area (Å²) >= 11 is 0. The molecular formula is C12H16N6O5. The van der Waals surface area contributed by atoms with E-state index in [4.69, 9.17) is 20.9 Å².